The third kappa shape index (κ3) is 5.31. The first kappa shape index (κ1) is 19.4. The predicted octanol–water partition coefficient (Wildman–Crippen LogP) is 3.78. The van der Waals surface area contributed by atoms with Crippen molar-refractivity contribution in [2.45, 2.75) is 19.4 Å². The molecule has 0 radical (unpaired) electrons. The fourth-order valence-electron chi connectivity index (χ4n) is 3.30. The molecule has 5 nitrogen and oxygen atoms in total. The van der Waals surface area contributed by atoms with Crippen LogP contribution in [0.2, 0.25) is 5.02 Å². The maximum absolute atomic E-state index is 13.1. The predicted molar refractivity (Wildman–Crippen MR) is 105 cm³/mol. The van der Waals surface area contributed by atoms with E-state index < -0.39 is 5.97 Å². The molecule has 2 aromatic rings. The molecule has 0 unspecified atom stereocenters. The van der Waals surface area contributed by atoms with Gasteiger partial charge in [0.15, 0.2) is 0 Å². The molecule has 0 saturated carbocycles. The third-order valence-corrected chi connectivity index (χ3v) is 5.07. The van der Waals surface area contributed by atoms with Gasteiger partial charge in [0.05, 0.1) is 5.56 Å². The number of amides is 1. The number of carbonyl (C=O) groups is 2. The lowest BCUT2D eigenvalue weighted by atomic mass is 10.1. The molecule has 1 N–H and O–H groups in total. The zero-order valence-corrected chi connectivity index (χ0v) is 15.9. The van der Waals surface area contributed by atoms with Gasteiger partial charge in [-0.2, -0.15) is 0 Å². The molecule has 1 fully saturated rings. The molecule has 0 aromatic heterocycles. The molecule has 0 aliphatic carbocycles. The molecule has 0 atom stereocenters. The van der Waals surface area contributed by atoms with E-state index in [0.717, 1.165) is 25.2 Å². The number of aromatic carboxylic acids is 1. The van der Waals surface area contributed by atoms with E-state index in [4.69, 9.17) is 11.6 Å². The van der Waals surface area contributed by atoms with E-state index in [9.17, 15) is 14.7 Å². The molecule has 1 heterocycles. The second-order valence-corrected chi connectivity index (χ2v) is 7.22. The van der Waals surface area contributed by atoms with Gasteiger partial charge in [-0.05, 0) is 61.8 Å². The molecule has 1 aliphatic rings. The van der Waals surface area contributed by atoms with Crippen LogP contribution in [-0.4, -0.2) is 53.0 Å². The van der Waals surface area contributed by atoms with Crippen molar-refractivity contribution in [3.05, 3.63) is 70.2 Å². The van der Waals surface area contributed by atoms with Gasteiger partial charge in [-0.15, -0.1) is 0 Å². The Hall–Kier alpha value is -2.37. The SMILES string of the molecule is O=C(O)c1cccc(C(=O)N(CCN2CCCC2)Cc2ccc(Cl)cc2)c1. The number of hydrogen-bond donors (Lipinski definition) is 1. The highest BCUT2D eigenvalue weighted by atomic mass is 35.5. The highest BCUT2D eigenvalue weighted by Gasteiger charge is 2.20. The molecule has 3 rings (SSSR count). The van der Waals surface area contributed by atoms with Crippen LogP contribution in [-0.2, 0) is 6.54 Å². The summed E-state index contributed by atoms with van der Waals surface area (Å²) in [6.45, 7) is 4.01. The number of likely N-dealkylation sites (tertiary alicyclic amines) is 1. The van der Waals surface area contributed by atoms with Gasteiger partial charge in [0, 0.05) is 30.2 Å². The van der Waals surface area contributed by atoms with Gasteiger partial charge >= 0.3 is 5.97 Å². The molecule has 6 heteroatoms. The minimum atomic E-state index is -1.04. The van der Waals surface area contributed by atoms with Crippen LogP contribution in [0.3, 0.4) is 0 Å². The molecule has 2 aromatic carbocycles. The normalized spacial score (nSPS) is 14.3. The lowest BCUT2D eigenvalue weighted by molar-refractivity contribution is 0.0697. The van der Waals surface area contributed by atoms with E-state index in [2.05, 4.69) is 4.90 Å². The summed E-state index contributed by atoms with van der Waals surface area (Å²) in [5.74, 6) is -1.20. The highest BCUT2D eigenvalue weighted by Crippen LogP contribution is 2.16. The summed E-state index contributed by atoms with van der Waals surface area (Å²) in [5.41, 5.74) is 1.50. The summed E-state index contributed by atoms with van der Waals surface area (Å²) in [6, 6.07) is 13.6. The minimum Gasteiger partial charge on any atom is -0.478 e. The second-order valence-electron chi connectivity index (χ2n) is 6.79. The van der Waals surface area contributed by atoms with Crippen molar-refractivity contribution in [1.29, 1.82) is 0 Å². The van der Waals surface area contributed by atoms with Gasteiger partial charge in [0.1, 0.15) is 0 Å². The standard InChI is InChI=1S/C21H23ClN2O3/c22-19-8-6-16(7-9-19)15-24(13-12-23-10-1-2-11-23)20(25)17-4-3-5-18(14-17)21(26)27/h3-9,14H,1-2,10-13,15H2,(H,26,27). The van der Waals surface area contributed by atoms with Crippen LogP contribution >= 0.6 is 11.6 Å². The number of carbonyl (C=O) groups excluding carboxylic acids is 1. The molecular formula is C21H23ClN2O3. The average molecular weight is 387 g/mol. The van der Waals surface area contributed by atoms with Gasteiger partial charge in [0.25, 0.3) is 5.91 Å². The number of benzene rings is 2. The fourth-order valence-corrected chi connectivity index (χ4v) is 3.42. The maximum atomic E-state index is 13.1. The molecular weight excluding hydrogens is 364 g/mol. The zero-order valence-electron chi connectivity index (χ0n) is 15.1. The van der Waals surface area contributed by atoms with Gasteiger partial charge in [-0.1, -0.05) is 29.8 Å². The summed E-state index contributed by atoms with van der Waals surface area (Å²) in [6.07, 6.45) is 2.40. The summed E-state index contributed by atoms with van der Waals surface area (Å²) in [7, 11) is 0. The van der Waals surface area contributed by atoms with E-state index in [0.29, 0.717) is 23.7 Å². The number of halogens is 1. The molecule has 1 aliphatic heterocycles. The summed E-state index contributed by atoms with van der Waals surface area (Å²) in [5, 5.41) is 9.85. The van der Waals surface area contributed by atoms with Crippen molar-refractivity contribution in [3.8, 4) is 0 Å². The number of carboxylic acid groups (broad SMARTS) is 1. The smallest absolute Gasteiger partial charge is 0.335 e. The lowest BCUT2D eigenvalue weighted by Gasteiger charge is -2.26. The fraction of sp³-hybridized carbons (Fsp3) is 0.333. The van der Waals surface area contributed by atoms with Crippen molar-refractivity contribution in [2.75, 3.05) is 26.2 Å². The monoisotopic (exact) mass is 386 g/mol. The molecule has 142 valence electrons. The largest absolute Gasteiger partial charge is 0.478 e. The Morgan fingerprint density at radius 3 is 2.37 bits per heavy atom. The van der Waals surface area contributed by atoms with Crippen LogP contribution in [0, 0.1) is 0 Å². The van der Waals surface area contributed by atoms with Crippen LogP contribution < -0.4 is 0 Å². The van der Waals surface area contributed by atoms with Gasteiger partial charge in [-0.3, -0.25) is 4.79 Å². The first-order valence-corrected chi connectivity index (χ1v) is 9.50. The maximum Gasteiger partial charge on any atom is 0.335 e. The van der Waals surface area contributed by atoms with Crippen molar-refractivity contribution < 1.29 is 14.7 Å². The van der Waals surface area contributed by atoms with Crippen LogP contribution in [0.15, 0.2) is 48.5 Å². The topological polar surface area (TPSA) is 60.9 Å². The minimum absolute atomic E-state index is 0.117. The van der Waals surface area contributed by atoms with Crippen molar-refractivity contribution >= 4 is 23.5 Å². The number of hydrogen-bond acceptors (Lipinski definition) is 3. The Bertz CT molecular complexity index is 801. The Morgan fingerprint density at radius 1 is 1.04 bits per heavy atom. The quantitative estimate of drug-likeness (QED) is 0.786. The van der Waals surface area contributed by atoms with Crippen molar-refractivity contribution in [2.24, 2.45) is 0 Å². The molecule has 0 bridgehead atoms. The Morgan fingerprint density at radius 2 is 1.70 bits per heavy atom. The van der Waals surface area contributed by atoms with E-state index in [1.807, 2.05) is 24.3 Å². The first-order chi connectivity index (χ1) is 13.0. The number of rotatable bonds is 7. The molecule has 0 spiro atoms. The van der Waals surface area contributed by atoms with Crippen LogP contribution in [0.4, 0.5) is 0 Å². The first-order valence-electron chi connectivity index (χ1n) is 9.12. The molecule has 27 heavy (non-hydrogen) atoms. The van der Waals surface area contributed by atoms with Crippen molar-refractivity contribution in [3.63, 3.8) is 0 Å². The third-order valence-electron chi connectivity index (χ3n) is 4.82. The zero-order chi connectivity index (χ0) is 19.2. The lowest BCUT2D eigenvalue weighted by Crippen LogP contribution is -2.37. The second kappa shape index (κ2) is 9.02. The van der Waals surface area contributed by atoms with Crippen LogP contribution in [0.25, 0.3) is 0 Å². The summed E-state index contributed by atoms with van der Waals surface area (Å²) >= 11 is 5.96. The summed E-state index contributed by atoms with van der Waals surface area (Å²) < 4.78 is 0. The Labute approximate surface area is 164 Å². The number of carboxylic acids is 1. The Kier molecular flexibility index (Phi) is 6.48. The molecule has 1 saturated heterocycles. The van der Waals surface area contributed by atoms with Crippen LogP contribution in [0.5, 0.6) is 0 Å². The van der Waals surface area contributed by atoms with E-state index in [1.165, 1.54) is 25.0 Å². The van der Waals surface area contributed by atoms with E-state index in [-0.39, 0.29) is 11.5 Å². The number of nitrogens with zero attached hydrogens (tertiary/aromatic N) is 2. The van der Waals surface area contributed by atoms with Crippen LogP contribution in [0.1, 0.15) is 39.1 Å². The van der Waals surface area contributed by atoms with Gasteiger partial charge in [0.2, 0.25) is 0 Å². The summed E-state index contributed by atoms with van der Waals surface area (Å²) in [4.78, 5) is 28.4. The van der Waals surface area contributed by atoms with Gasteiger partial charge in [-0.25, -0.2) is 4.79 Å². The average Bonchev–Trinajstić information content (AvgIpc) is 3.20. The van der Waals surface area contributed by atoms with E-state index in [1.54, 1.807) is 17.0 Å². The Balaban J connectivity index is 1.78. The highest BCUT2D eigenvalue weighted by molar-refractivity contribution is 6.30. The van der Waals surface area contributed by atoms with E-state index >= 15 is 0 Å². The molecule has 1 amide bonds. The van der Waals surface area contributed by atoms with Gasteiger partial charge < -0.3 is 14.9 Å². The van der Waals surface area contributed by atoms with Crippen molar-refractivity contribution in [1.82, 2.24) is 9.80 Å².